The first-order valence-electron chi connectivity index (χ1n) is 13.5. The third-order valence-corrected chi connectivity index (χ3v) is 7.04. The number of hydrogen-bond acceptors (Lipinski definition) is 6. The molecule has 1 aliphatic carbocycles. The van der Waals surface area contributed by atoms with Crippen molar-refractivity contribution in [1.29, 1.82) is 0 Å². The number of nitrogens with zero attached hydrogens (tertiary/aromatic N) is 5. The number of urea groups is 1. The van der Waals surface area contributed by atoms with Gasteiger partial charge in [-0.05, 0) is 36.1 Å². The van der Waals surface area contributed by atoms with Gasteiger partial charge in [0.25, 0.3) is 0 Å². The molecule has 0 saturated carbocycles. The van der Waals surface area contributed by atoms with Crippen LogP contribution in [-0.4, -0.2) is 42.1 Å². The van der Waals surface area contributed by atoms with Crippen molar-refractivity contribution in [2.24, 2.45) is 0 Å². The topological polar surface area (TPSA) is 119 Å². The standard InChI is InChI=1S/C29H37N7O3/c1-18(2)27-33-32-25-13-10-19(17-35(25)27)39-23-12-11-22(20-8-6-7-9-21(20)23)30-28(38)31-26-16-24(29(3,4)5)34-36(26)14-15-37/h6-10,13,16-18,22-23,37H,11-12,14-15H2,1-5H3,(H2,30,31,38)/t22-,23+/m0/s1. The molecule has 0 bridgehead atoms. The number of aliphatic hydroxyl groups is 1. The number of fused-ring (bicyclic) bond motifs is 2. The zero-order valence-corrected chi connectivity index (χ0v) is 23.2. The molecule has 3 heterocycles. The van der Waals surface area contributed by atoms with E-state index in [0.717, 1.165) is 46.9 Å². The van der Waals surface area contributed by atoms with Crippen LogP contribution in [0.15, 0.2) is 48.7 Å². The van der Waals surface area contributed by atoms with Gasteiger partial charge in [-0.25, -0.2) is 9.48 Å². The zero-order chi connectivity index (χ0) is 27.7. The second-order valence-corrected chi connectivity index (χ2v) is 11.4. The van der Waals surface area contributed by atoms with Crippen molar-refractivity contribution in [2.75, 3.05) is 11.9 Å². The van der Waals surface area contributed by atoms with Crippen LogP contribution in [0.4, 0.5) is 10.6 Å². The molecule has 0 aliphatic heterocycles. The molecule has 206 valence electrons. The number of amides is 2. The fourth-order valence-corrected chi connectivity index (χ4v) is 5.00. The molecule has 0 saturated heterocycles. The summed E-state index contributed by atoms with van der Waals surface area (Å²) in [6.07, 6.45) is 3.28. The van der Waals surface area contributed by atoms with Crippen LogP contribution in [0.2, 0.25) is 0 Å². The van der Waals surface area contributed by atoms with Crippen LogP contribution in [0.1, 0.15) is 88.2 Å². The highest BCUT2D eigenvalue weighted by atomic mass is 16.5. The number of hydrogen-bond donors (Lipinski definition) is 3. The lowest BCUT2D eigenvalue weighted by atomic mass is 9.85. The van der Waals surface area contributed by atoms with Crippen molar-refractivity contribution >= 4 is 17.5 Å². The Bertz CT molecular complexity index is 1470. The molecule has 0 spiro atoms. The lowest BCUT2D eigenvalue weighted by Crippen LogP contribution is -2.36. The Kier molecular flexibility index (Phi) is 7.31. The lowest BCUT2D eigenvalue weighted by molar-refractivity contribution is 0.171. The van der Waals surface area contributed by atoms with Crippen LogP contribution in [0.5, 0.6) is 5.75 Å². The van der Waals surface area contributed by atoms with Gasteiger partial charge in [-0.3, -0.25) is 9.72 Å². The lowest BCUT2D eigenvalue weighted by Gasteiger charge is -2.32. The first-order valence-corrected chi connectivity index (χ1v) is 13.5. The number of aromatic nitrogens is 5. The largest absolute Gasteiger partial charge is 0.484 e. The molecule has 2 atom stereocenters. The van der Waals surface area contributed by atoms with E-state index in [1.165, 1.54) is 0 Å². The van der Waals surface area contributed by atoms with Gasteiger partial charge in [0.2, 0.25) is 0 Å². The molecule has 0 radical (unpaired) electrons. The van der Waals surface area contributed by atoms with E-state index in [9.17, 15) is 9.90 Å². The summed E-state index contributed by atoms with van der Waals surface area (Å²) < 4.78 is 10.1. The third-order valence-electron chi connectivity index (χ3n) is 7.04. The number of carbonyl (C=O) groups excluding carboxylic acids is 1. The van der Waals surface area contributed by atoms with Gasteiger partial charge in [0.1, 0.15) is 23.5 Å². The molecular weight excluding hydrogens is 494 g/mol. The predicted octanol–water partition coefficient (Wildman–Crippen LogP) is 5.12. The van der Waals surface area contributed by atoms with Crippen LogP contribution in [0.25, 0.3) is 5.65 Å². The average molecular weight is 532 g/mol. The average Bonchev–Trinajstić information content (AvgIpc) is 3.50. The number of ether oxygens (including phenoxy) is 1. The maximum Gasteiger partial charge on any atom is 0.320 e. The van der Waals surface area contributed by atoms with E-state index in [1.807, 2.05) is 47.0 Å². The second kappa shape index (κ2) is 10.7. The Labute approximate surface area is 228 Å². The first kappa shape index (κ1) is 26.7. The molecule has 4 aromatic rings. The Morgan fingerprint density at radius 2 is 1.90 bits per heavy atom. The minimum absolute atomic E-state index is 0.0674. The van der Waals surface area contributed by atoms with Gasteiger partial charge in [-0.15, -0.1) is 10.2 Å². The van der Waals surface area contributed by atoms with Gasteiger partial charge >= 0.3 is 6.03 Å². The molecule has 10 heteroatoms. The summed E-state index contributed by atoms with van der Waals surface area (Å²) in [6.45, 7) is 10.6. The van der Waals surface area contributed by atoms with Crippen LogP contribution < -0.4 is 15.4 Å². The van der Waals surface area contributed by atoms with E-state index in [4.69, 9.17) is 4.74 Å². The number of anilines is 1. The van der Waals surface area contributed by atoms with Crippen LogP contribution >= 0.6 is 0 Å². The normalized spacial score (nSPS) is 17.3. The van der Waals surface area contributed by atoms with Gasteiger partial charge in [-0.1, -0.05) is 58.9 Å². The number of rotatable bonds is 7. The van der Waals surface area contributed by atoms with Gasteiger partial charge in [-0.2, -0.15) is 5.10 Å². The summed E-state index contributed by atoms with van der Waals surface area (Å²) in [5.74, 6) is 2.44. The van der Waals surface area contributed by atoms with Crippen molar-refractivity contribution < 1.29 is 14.6 Å². The smallest absolute Gasteiger partial charge is 0.320 e. The van der Waals surface area contributed by atoms with Crippen molar-refractivity contribution in [2.45, 2.75) is 77.5 Å². The summed E-state index contributed by atoms with van der Waals surface area (Å²) in [6, 6.07) is 13.3. The van der Waals surface area contributed by atoms with Crippen LogP contribution in [0.3, 0.4) is 0 Å². The molecule has 10 nitrogen and oxygen atoms in total. The number of carbonyl (C=O) groups is 1. The molecule has 3 aromatic heterocycles. The first-order chi connectivity index (χ1) is 18.6. The Hall–Kier alpha value is -3.92. The molecule has 1 aromatic carbocycles. The van der Waals surface area contributed by atoms with Crippen LogP contribution in [0, 0.1) is 0 Å². The van der Waals surface area contributed by atoms with Crippen LogP contribution in [-0.2, 0) is 12.0 Å². The highest BCUT2D eigenvalue weighted by Gasteiger charge is 2.30. The maximum absolute atomic E-state index is 13.1. The summed E-state index contributed by atoms with van der Waals surface area (Å²) in [4.78, 5) is 13.1. The Balaban J connectivity index is 1.32. The Morgan fingerprint density at radius 1 is 1.13 bits per heavy atom. The molecule has 1 aliphatic rings. The zero-order valence-electron chi connectivity index (χ0n) is 23.2. The second-order valence-electron chi connectivity index (χ2n) is 11.4. The summed E-state index contributed by atoms with van der Waals surface area (Å²) in [5.41, 5.74) is 3.55. The summed E-state index contributed by atoms with van der Waals surface area (Å²) in [7, 11) is 0. The number of nitrogens with one attached hydrogen (secondary N) is 2. The molecule has 0 fully saturated rings. The van der Waals surface area contributed by atoms with Gasteiger partial charge in [0.05, 0.1) is 31.1 Å². The summed E-state index contributed by atoms with van der Waals surface area (Å²) >= 11 is 0. The molecule has 5 rings (SSSR count). The van der Waals surface area contributed by atoms with E-state index in [1.54, 1.807) is 4.68 Å². The molecule has 3 N–H and O–H groups in total. The fraction of sp³-hybridized carbons (Fsp3) is 0.448. The number of pyridine rings is 1. The highest BCUT2D eigenvalue weighted by molar-refractivity contribution is 5.88. The van der Waals surface area contributed by atoms with Crippen molar-refractivity contribution in [3.8, 4) is 5.75 Å². The molecule has 2 amide bonds. The summed E-state index contributed by atoms with van der Waals surface area (Å²) in [5, 5.41) is 28.7. The Morgan fingerprint density at radius 3 is 2.62 bits per heavy atom. The van der Waals surface area contributed by atoms with E-state index in [0.29, 0.717) is 12.4 Å². The molecule has 39 heavy (non-hydrogen) atoms. The van der Waals surface area contributed by atoms with Gasteiger partial charge in [0, 0.05) is 17.4 Å². The quantitative estimate of drug-likeness (QED) is 0.305. The van der Waals surface area contributed by atoms with E-state index in [-0.39, 0.29) is 36.1 Å². The SMILES string of the molecule is CC(C)c1nnc2ccc(O[C@@H]3CC[C@H](NC(=O)Nc4cc(C(C)(C)C)nn4CCO)c4ccccc43)cn12. The maximum atomic E-state index is 13.1. The number of aliphatic hydroxyl groups excluding tert-OH is 1. The molecular formula is C29H37N7O3. The minimum atomic E-state index is -0.312. The number of benzene rings is 1. The van der Waals surface area contributed by atoms with Crippen molar-refractivity contribution in [3.63, 3.8) is 0 Å². The fourth-order valence-electron chi connectivity index (χ4n) is 5.00. The van der Waals surface area contributed by atoms with E-state index in [2.05, 4.69) is 66.6 Å². The third kappa shape index (κ3) is 5.61. The van der Waals surface area contributed by atoms with Gasteiger partial charge < -0.3 is 15.2 Å². The minimum Gasteiger partial charge on any atom is -0.484 e. The predicted molar refractivity (Wildman–Crippen MR) is 149 cm³/mol. The monoisotopic (exact) mass is 531 g/mol. The van der Waals surface area contributed by atoms with Crippen molar-refractivity contribution in [1.82, 2.24) is 29.7 Å². The highest BCUT2D eigenvalue weighted by Crippen LogP contribution is 2.39. The van der Waals surface area contributed by atoms with E-state index >= 15 is 0 Å². The molecule has 0 unspecified atom stereocenters. The van der Waals surface area contributed by atoms with Crippen molar-refractivity contribution in [3.05, 3.63) is 71.3 Å². The van der Waals surface area contributed by atoms with Gasteiger partial charge in [0.15, 0.2) is 5.65 Å². The van der Waals surface area contributed by atoms with E-state index < -0.39 is 0 Å².